The van der Waals surface area contributed by atoms with Crippen LogP contribution in [0, 0.1) is 5.92 Å². The van der Waals surface area contributed by atoms with Crippen LogP contribution in [0.3, 0.4) is 0 Å². The first-order valence-corrected chi connectivity index (χ1v) is 6.96. The monoisotopic (exact) mass is 255 g/mol. The molecule has 106 valence electrons. The summed E-state index contributed by atoms with van der Waals surface area (Å²) in [5.41, 5.74) is 5.61. The van der Waals surface area contributed by atoms with Crippen molar-refractivity contribution in [1.82, 2.24) is 10.2 Å². The molecule has 0 aromatic carbocycles. The number of urea groups is 1. The van der Waals surface area contributed by atoms with E-state index in [0.29, 0.717) is 6.54 Å². The molecule has 0 aromatic rings. The van der Waals surface area contributed by atoms with E-state index in [0.717, 1.165) is 31.6 Å². The van der Waals surface area contributed by atoms with Crippen molar-refractivity contribution in [2.24, 2.45) is 11.7 Å². The molecule has 1 rings (SSSR count). The van der Waals surface area contributed by atoms with Crippen molar-refractivity contribution >= 4 is 6.03 Å². The van der Waals surface area contributed by atoms with Gasteiger partial charge in [-0.2, -0.15) is 0 Å². The van der Waals surface area contributed by atoms with Crippen LogP contribution in [-0.4, -0.2) is 35.6 Å². The molecule has 4 nitrogen and oxygen atoms in total. The number of hydrogen-bond acceptors (Lipinski definition) is 2. The Labute approximate surface area is 111 Å². The van der Waals surface area contributed by atoms with Crippen molar-refractivity contribution in [3.8, 4) is 0 Å². The summed E-state index contributed by atoms with van der Waals surface area (Å²) in [6.07, 6.45) is 4.34. The van der Waals surface area contributed by atoms with Crippen molar-refractivity contribution < 1.29 is 4.79 Å². The summed E-state index contributed by atoms with van der Waals surface area (Å²) in [6.45, 7) is 8.81. The van der Waals surface area contributed by atoms with E-state index in [1.165, 1.54) is 0 Å². The summed E-state index contributed by atoms with van der Waals surface area (Å²) in [6, 6.07) is -0.0116. The lowest BCUT2D eigenvalue weighted by Crippen LogP contribution is -2.60. The fraction of sp³-hybridized carbons (Fsp3) is 0.929. The SMILES string of the molecule is CC1CCC(CN)(N(C)C(=O)NC(C)(C)C)CC1. The van der Waals surface area contributed by atoms with E-state index < -0.39 is 0 Å². The Morgan fingerprint density at radius 2 is 1.89 bits per heavy atom. The molecule has 0 spiro atoms. The molecule has 1 aliphatic carbocycles. The highest BCUT2D eigenvalue weighted by Crippen LogP contribution is 2.35. The topological polar surface area (TPSA) is 58.4 Å². The Morgan fingerprint density at radius 3 is 2.28 bits per heavy atom. The second kappa shape index (κ2) is 5.47. The highest BCUT2D eigenvalue weighted by Gasteiger charge is 2.39. The summed E-state index contributed by atoms with van der Waals surface area (Å²) < 4.78 is 0. The van der Waals surface area contributed by atoms with Gasteiger partial charge >= 0.3 is 6.03 Å². The van der Waals surface area contributed by atoms with Gasteiger partial charge in [0.1, 0.15) is 0 Å². The molecule has 2 amide bonds. The van der Waals surface area contributed by atoms with Crippen molar-refractivity contribution in [3.05, 3.63) is 0 Å². The van der Waals surface area contributed by atoms with Crippen molar-refractivity contribution in [2.45, 2.75) is 64.5 Å². The Bertz CT molecular complexity index is 288. The van der Waals surface area contributed by atoms with Gasteiger partial charge in [0.05, 0.1) is 5.54 Å². The predicted molar refractivity (Wildman–Crippen MR) is 75.5 cm³/mol. The molecule has 0 aliphatic heterocycles. The zero-order chi connectivity index (χ0) is 14.0. The first-order chi connectivity index (χ1) is 8.20. The predicted octanol–water partition coefficient (Wildman–Crippen LogP) is 2.33. The summed E-state index contributed by atoms with van der Waals surface area (Å²) >= 11 is 0. The molecule has 0 bridgehead atoms. The normalized spacial score (nSPS) is 28.9. The number of likely N-dealkylation sites (N-methyl/N-ethyl adjacent to an activating group) is 1. The standard InChI is InChI=1S/C14H29N3O/c1-11-6-8-14(10-15,9-7-11)17(5)12(18)16-13(2,3)4/h11H,6-10,15H2,1-5H3,(H,16,18). The second-order valence-electron chi connectivity index (χ2n) is 6.85. The summed E-state index contributed by atoms with van der Waals surface area (Å²) in [7, 11) is 1.88. The fourth-order valence-corrected chi connectivity index (χ4v) is 2.60. The third-order valence-corrected chi connectivity index (χ3v) is 4.08. The zero-order valence-electron chi connectivity index (χ0n) is 12.5. The lowest BCUT2D eigenvalue weighted by atomic mass is 9.76. The molecule has 0 atom stereocenters. The number of hydrogen-bond donors (Lipinski definition) is 2. The Hall–Kier alpha value is -0.770. The molecule has 1 fully saturated rings. The molecule has 0 aromatic heterocycles. The minimum Gasteiger partial charge on any atom is -0.333 e. The van der Waals surface area contributed by atoms with Gasteiger partial charge in [-0.1, -0.05) is 6.92 Å². The summed E-state index contributed by atoms with van der Waals surface area (Å²) in [5, 5.41) is 3.02. The first-order valence-electron chi connectivity index (χ1n) is 6.96. The van der Waals surface area contributed by atoms with Crippen molar-refractivity contribution in [1.29, 1.82) is 0 Å². The lowest BCUT2D eigenvalue weighted by Gasteiger charge is -2.46. The van der Waals surface area contributed by atoms with Gasteiger partial charge in [-0.25, -0.2) is 4.79 Å². The number of carbonyl (C=O) groups excluding carboxylic acids is 1. The highest BCUT2D eigenvalue weighted by atomic mass is 16.2. The molecule has 18 heavy (non-hydrogen) atoms. The number of carbonyl (C=O) groups is 1. The maximum absolute atomic E-state index is 12.3. The smallest absolute Gasteiger partial charge is 0.318 e. The van der Waals surface area contributed by atoms with Crippen LogP contribution in [0.2, 0.25) is 0 Å². The highest BCUT2D eigenvalue weighted by molar-refractivity contribution is 5.75. The maximum Gasteiger partial charge on any atom is 0.318 e. The van der Waals surface area contributed by atoms with Gasteiger partial charge in [0.25, 0.3) is 0 Å². The average molecular weight is 255 g/mol. The van der Waals surface area contributed by atoms with Crippen LogP contribution in [-0.2, 0) is 0 Å². The zero-order valence-corrected chi connectivity index (χ0v) is 12.5. The van der Waals surface area contributed by atoms with E-state index in [1.54, 1.807) is 0 Å². The van der Waals surface area contributed by atoms with Crippen LogP contribution in [0.25, 0.3) is 0 Å². The molecule has 1 saturated carbocycles. The van der Waals surface area contributed by atoms with Crippen LogP contribution < -0.4 is 11.1 Å². The van der Waals surface area contributed by atoms with E-state index in [9.17, 15) is 4.79 Å². The van der Waals surface area contributed by atoms with Gasteiger partial charge in [0, 0.05) is 19.1 Å². The van der Waals surface area contributed by atoms with Gasteiger partial charge in [-0.3, -0.25) is 0 Å². The van der Waals surface area contributed by atoms with E-state index in [4.69, 9.17) is 5.73 Å². The minimum absolute atomic E-state index is 0.0116. The minimum atomic E-state index is -0.205. The average Bonchev–Trinajstić information content (AvgIpc) is 2.27. The van der Waals surface area contributed by atoms with Crippen LogP contribution in [0.1, 0.15) is 53.4 Å². The summed E-state index contributed by atoms with van der Waals surface area (Å²) in [4.78, 5) is 14.1. The third kappa shape index (κ3) is 3.61. The number of rotatable bonds is 2. The van der Waals surface area contributed by atoms with E-state index in [-0.39, 0.29) is 17.1 Å². The fourth-order valence-electron chi connectivity index (χ4n) is 2.60. The molecule has 0 saturated heterocycles. The largest absolute Gasteiger partial charge is 0.333 e. The maximum atomic E-state index is 12.3. The Morgan fingerprint density at radius 1 is 1.39 bits per heavy atom. The van der Waals surface area contributed by atoms with Crippen molar-refractivity contribution in [2.75, 3.05) is 13.6 Å². The number of nitrogens with zero attached hydrogens (tertiary/aromatic N) is 1. The van der Waals surface area contributed by atoms with Gasteiger partial charge in [0.15, 0.2) is 0 Å². The molecule has 1 aliphatic rings. The molecule has 4 heteroatoms. The molecular formula is C14H29N3O. The first kappa shape index (κ1) is 15.3. The van der Waals surface area contributed by atoms with Gasteiger partial charge in [-0.05, 0) is 52.4 Å². The van der Waals surface area contributed by atoms with Gasteiger partial charge in [-0.15, -0.1) is 0 Å². The van der Waals surface area contributed by atoms with E-state index >= 15 is 0 Å². The van der Waals surface area contributed by atoms with Gasteiger partial charge < -0.3 is 16.0 Å². The van der Waals surface area contributed by atoms with Crippen LogP contribution in [0.15, 0.2) is 0 Å². The van der Waals surface area contributed by atoms with Crippen LogP contribution >= 0.6 is 0 Å². The Balaban J connectivity index is 2.73. The van der Waals surface area contributed by atoms with E-state index in [2.05, 4.69) is 12.2 Å². The second-order valence-corrected chi connectivity index (χ2v) is 6.85. The quantitative estimate of drug-likeness (QED) is 0.795. The number of amides is 2. The van der Waals surface area contributed by atoms with Gasteiger partial charge in [0.2, 0.25) is 0 Å². The van der Waals surface area contributed by atoms with E-state index in [1.807, 2.05) is 32.7 Å². The molecule has 0 unspecified atom stereocenters. The number of nitrogens with one attached hydrogen (secondary N) is 1. The molecule has 0 heterocycles. The van der Waals surface area contributed by atoms with Crippen molar-refractivity contribution in [3.63, 3.8) is 0 Å². The number of nitrogens with two attached hydrogens (primary N) is 1. The van der Waals surface area contributed by atoms with Crippen LogP contribution in [0.5, 0.6) is 0 Å². The lowest BCUT2D eigenvalue weighted by molar-refractivity contribution is 0.0866. The summed E-state index contributed by atoms with van der Waals surface area (Å²) in [5.74, 6) is 0.753. The third-order valence-electron chi connectivity index (χ3n) is 4.08. The molecule has 0 radical (unpaired) electrons. The molecule has 3 N–H and O–H groups in total. The molecular weight excluding hydrogens is 226 g/mol. The Kier molecular flexibility index (Phi) is 4.65. The van der Waals surface area contributed by atoms with Crippen LogP contribution in [0.4, 0.5) is 4.79 Å².